The Morgan fingerprint density at radius 2 is 2.12 bits per heavy atom. The fourth-order valence-corrected chi connectivity index (χ4v) is 4.25. The molecular formula is C23H18N6O4S. The van der Waals surface area contributed by atoms with Crippen LogP contribution in [0, 0.1) is 0 Å². The molecule has 0 aliphatic heterocycles. The van der Waals surface area contributed by atoms with Gasteiger partial charge in [-0.05, 0) is 42.5 Å². The highest BCUT2D eigenvalue weighted by Crippen LogP contribution is 2.26. The summed E-state index contributed by atoms with van der Waals surface area (Å²) in [6, 6.07) is 12.1. The lowest BCUT2D eigenvalue weighted by Gasteiger charge is -2.09. The minimum atomic E-state index is -0.492. The molecule has 5 aromatic rings. The second kappa shape index (κ2) is 9.32. The first-order valence-electron chi connectivity index (χ1n) is 10.2. The van der Waals surface area contributed by atoms with Crippen LogP contribution in [0.4, 0.5) is 0 Å². The number of H-pyrrole nitrogens is 1. The van der Waals surface area contributed by atoms with Crippen molar-refractivity contribution >= 4 is 28.6 Å². The molecule has 4 aromatic heterocycles. The third-order valence-electron chi connectivity index (χ3n) is 5.05. The summed E-state index contributed by atoms with van der Waals surface area (Å²) in [5.74, 6) is 1.68. The Balaban J connectivity index is 1.46. The van der Waals surface area contributed by atoms with Crippen LogP contribution in [0.3, 0.4) is 0 Å². The van der Waals surface area contributed by atoms with Crippen LogP contribution in [0.15, 0.2) is 75.5 Å². The van der Waals surface area contributed by atoms with E-state index in [0.29, 0.717) is 45.6 Å². The van der Waals surface area contributed by atoms with E-state index in [0.717, 1.165) is 11.3 Å². The van der Waals surface area contributed by atoms with Gasteiger partial charge < -0.3 is 14.1 Å². The molecule has 0 saturated heterocycles. The molecule has 0 spiro atoms. The number of nitrogens with one attached hydrogen (secondary N) is 1. The standard InChI is InChI=1S/C23H18N6O4S/c1-32-22(31)14-6-7-17-18(10-14)25-19(26-21(17)30)13-34-23-28-27-20(15-4-2-8-24-11-15)29(23)12-16-5-3-9-33-16/h2-11H,12-13H2,1H3,(H,25,26,30). The maximum absolute atomic E-state index is 12.6. The van der Waals surface area contributed by atoms with Gasteiger partial charge in [0, 0.05) is 18.0 Å². The summed E-state index contributed by atoms with van der Waals surface area (Å²) in [6.07, 6.45) is 5.03. The summed E-state index contributed by atoms with van der Waals surface area (Å²) >= 11 is 1.37. The predicted octanol–water partition coefficient (Wildman–Crippen LogP) is 3.30. The van der Waals surface area contributed by atoms with Gasteiger partial charge in [0.15, 0.2) is 11.0 Å². The first-order chi connectivity index (χ1) is 16.6. The van der Waals surface area contributed by atoms with Gasteiger partial charge in [0.2, 0.25) is 0 Å². The number of esters is 1. The maximum Gasteiger partial charge on any atom is 0.337 e. The Morgan fingerprint density at radius 3 is 2.88 bits per heavy atom. The van der Waals surface area contributed by atoms with Crippen molar-refractivity contribution in [1.82, 2.24) is 29.7 Å². The smallest absolute Gasteiger partial charge is 0.337 e. The number of methoxy groups -OCH3 is 1. The third kappa shape index (κ3) is 4.33. The molecule has 0 saturated carbocycles. The number of carbonyl (C=O) groups is 1. The number of hydrogen-bond donors (Lipinski definition) is 1. The average Bonchev–Trinajstić information content (AvgIpc) is 3.53. The summed E-state index contributed by atoms with van der Waals surface area (Å²) < 4.78 is 12.2. The van der Waals surface area contributed by atoms with Crippen LogP contribution in [0.25, 0.3) is 22.3 Å². The molecule has 5 rings (SSSR count). The van der Waals surface area contributed by atoms with Crippen LogP contribution < -0.4 is 5.56 Å². The number of aromatic amines is 1. The first-order valence-corrected chi connectivity index (χ1v) is 11.2. The van der Waals surface area contributed by atoms with Crippen molar-refractivity contribution in [3.8, 4) is 11.4 Å². The Morgan fingerprint density at radius 1 is 1.21 bits per heavy atom. The van der Waals surface area contributed by atoms with Crippen LogP contribution in [0.2, 0.25) is 0 Å². The van der Waals surface area contributed by atoms with Gasteiger partial charge in [-0.1, -0.05) is 11.8 Å². The summed E-state index contributed by atoms with van der Waals surface area (Å²) in [4.78, 5) is 35.9. The van der Waals surface area contributed by atoms with Gasteiger partial charge in [-0.25, -0.2) is 9.78 Å². The lowest BCUT2D eigenvalue weighted by Crippen LogP contribution is -2.12. The van der Waals surface area contributed by atoms with E-state index in [9.17, 15) is 9.59 Å². The van der Waals surface area contributed by atoms with Gasteiger partial charge in [0.05, 0.1) is 42.1 Å². The topological polar surface area (TPSA) is 129 Å². The van der Waals surface area contributed by atoms with Crippen molar-refractivity contribution in [2.75, 3.05) is 7.11 Å². The minimum absolute atomic E-state index is 0.287. The molecule has 34 heavy (non-hydrogen) atoms. The van der Waals surface area contributed by atoms with Crippen LogP contribution in [0.5, 0.6) is 0 Å². The highest BCUT2D eigenvalue weighted by molar-refractivity contribution is 7.98. The van der Waals surface area contributed by atoms with E-state index < -0.39 is 5.97 Å². The van der Waals surface area contributed by atoms with E-state index in [1.165, 1.54) is 24.9 Å². The van der Waals surface area contributed by atoms with E-state index >= 15 is 0 Å². The molecule has 1 N–H and O–H groups in total. The zero-order valence-electron chi connectivity index (χ0n) is 18.0. The van der Waals surface area contributed by atoms with E-state index in [2.05, 4.69) is 25.1 Å². The molecule has 1 aromatic carbocycles. The SMILES string of the molecule is COC(=O)c1ccc2c(=O)[nH]c(CSc3nnc(-c4cccnc4)n3Cc3ccco3)nc2c1. The van der Waals surface area contributed by atoms with Crippen LogP contribution >= 0.6 is 11.8 Å². The van der Waals surface area contributed by atoms with Gasteiger partial charge in [-0.2, -0.15) is 0 Å². The highest BCUT2D eigenvalue weighted by atomic mass is 32.2. The monoisotopic (exact) mass is 474 g/mol. The summed E-state index contributed by atoms with van der Waals surface area (Å²) in [6.45, 7) is 0.427. The Kier molecular flexibility index (Phi) is 5.91. The Bertz CT molecular complexity index is 1510. The average molecular weight is 475 g/mol. The lowest BCUT2D eigenvalue weighted by atomic mass is 10.1. The maximum atomic E-state index is 12.6. The predicted molar refractivity (Wildman–Crippen MR) is 124 cm³/mol. The van der Waals surface area contributed by atoms with E-state index in [1.54, 1.807) is 30.8 Å². The quantitative estimate of drug-likeness (QED) is 0.279. The molecule has 0 aliphatic rings. The molecule has 0 bridgehead atoms. The molecule has 170 valence electrons. The van der Waals surface area contributed by atoms with Crippen molar-refractivity contribution in [2.24, 2.45) is 0 Å². The normalized spacial score (nSPS) is 11.1. The number of fused-ring (bicyclic) bond motifs is 1. The number of aromatic nitrogens is 6. The number of furan rings is 1. The largest absolute Gasteiger partial charge is 0.467 e. The number of ether oxygens (including phenoxy) is 1. The van der Waals surface area contributed by atoms with Crippen molar-refractivity contribution in [2.45, 2.75) is 17.5 Å². The summed E-state index contributed by atoms with van der Waals surface area (Å²) in [5, 5.41) is 9.72. The number of hydrogen-bond acceptors (Lipinski definition) is 9. The number of rotatable bonds is 7. The zero-order chi connectivity index (χ0) is 23.5. The number of thioether (sulfide) groups is 1. The van der Waals surface area contributed by atoms with Crippen LogP contribution in [-0.4, -0.2) is 42.8 Å². The van der Waals surface area contributed by atoms with E-state index in [1.807, 2.05) is 28.8 Å². The van der Waals surface area contributed by atoms with Gasteiger partial charge in [-0.15, -0.1) is 10.2 Å². The molecule has 4 heterocycles. The van der Waals surface area contributed by atoms with E-state index in [4.69, 9.17) is 9.15 Å². The molecule has 0 aliphatic carbocycles. The van der Waals surface area contributed by atoms with Crippen molar-refractivity contribution < 1.29 is 13.9 Å². The molecule has 0 amide bonds. The molecule has 0 atom stereocenters. The number of nitrogens with zero attached hydrogens (tertiary/aromatic N) is 5. The Hall–Kier alpha value is -4.25. The highest BCUT2D eigenvalue weighted by Gasteiger charge is 2.17. The van der Waals surface area contributed by atoms with Crippen LogP contribution in [-0.2, 0) is 17.0 Å². The van der Waals surface area contributed by atoms with Crippen molar-refractivity contribution in [3.63, 3.8) is 0 Å². The molecule has 10 nitrogen and oxygen atoms in total. The minimum Gasteiger partial charge on any atom is -0.467 e. The van der Waals surface area contributed by atoms with Gasteiger partial charge in [0.25, 0.3) is 5.56 Å². The summed E-state index contributed by atoms with van der Waals surface area (Å²) in [5.41, 5.74) is 1.27. The lowest BCUT2D eigenvalue weighted by molar-refractivity contribution is 0.0601. The molecule has 0 radical (unpaired) electrons. The molecule has 0 fully saturated rings. The van der Waals surface area contributed by atoms with Crippen molar-refractivity contribution in [3.05, 3.63) is 88.6 Å². The van der Waals surface area contributed by atoms with E-state index in [-0.39, 0.29) is 5.56 Å². The fourth-order valence-electron chi connectivity index (χ4n) is 3.44. The first kappa shape index (κ1) is 21.6. The number of pyridine rings is 1. The van der Waals surface area contributed by atoms with Gasteiger partial charge in [-0.3, -0.25) is 14.3 Å². The van der Waals surface area contributed by atoms with Gasteiger partial charge in [0.1, 0.15) is 11.6 Å². The van der Waals surface area contributed by atoms with Crippen molar-refractivity contribution in [1.29, 1.82) is 0 Å². The number of carbonyl (C=O) groups excluding carboxylic acids is 1. The zero-order valence-corrected chi connectivity index (χ0v) is 18.8. The Labute approximate surface area is 197 Å². The van der Waals surface area contributed by atoms with Crippen LogP contribution in [0.1, 0.15) is 21.9 Å². The van der Waals surface area contributed by atoms with Gasteiger partial charge >= 0.3 is 5.97 Å². The second-order valence-electron chi connectivity index (χ2n) is 7.24. The molecule has 0 unspecified atom stereocenters. The molecular weight excluding hydrogens is 456 g/mol. The summed E-state index contributed by atoms with van der Waals surface area (Å²) in [7, 11) is 1.30. The molecule has 11 heteroatoms. The fraction of sp³-hybridized carbons (Fsp3) is 0.130. The second-order valence-corrected chi connectivity index (χ2v) is 8.18. The third-order valence-corrected chi connectivity index (χ3v) is 6.02. The number of benzene rings is 1.